The largest absolute Gasteiger partial charge is 0.354 e. The number of benzene rings is 2. The zero-order valence-corrected chi connectivity index (χ0v) is 14.1. The third kappa shape index (κ3) is 2.89. The summed E-state index contributed by atoms with van der Waals surface area (Å²) in [6, 6.07) is 13.4. The first-order valence-electron chi connectivity index (χ1n) is 7.89. The van der Waals surface area contributed by atoms with Crippen LogP contribution in [-0.2, 0) is 0 Å². The summed E-state index contributed by atoms with van der Waals surface area (Å²) in [7, 11) is 2.66. The molecule has 1 unspecified atom stereocenters. The van der Waals surface area contributed by atoms with E-state index in [1.54, 1.807) is 6.07 Å². The summed E-state index contributed by atoms with van der Waals surface area (Å²) < 4.78 is 13.7. The summed E-state index contributed by atoms with van der Waals surface area (Å²) >= 11 is 0. The lowest BCUT2D eigenvalue weighted by atomic mass is 10.1. The van der Waals surface area contributed by atoms with Crippen molar-refractivity contribution in [1.82, 2.24) is 9.80 Å². The van der Waals surface area contributed by atoms with Crippen LogP contribution in [0.25, 0.3) is 0 Å². The molecule has 2 aromatic rings. The third-order valence-electron chi connectivity index (χ3n) is 4.43. The van der Waals surface area contributed by atoms with Crippen LogP contribution in [0.5, 0.6) is 0 Å². The van der Waals surface area contributed by atoms with Crippen molar-refractivity contribution in [2.24, 2.45) is 4.99 Å². The Kier molecular flexibility index (Phi) is 3.88. The molecule has 2 heterocycles. The Bertz CT molecular complexity index is 767. The van der Waals surface area contributed by atoms with Crippen molar-refractivity contribution in [1.29, 1.82) is 0 Å². The molecule has 0 radical (unpaired) electrons. The van der Waals surface area contributed by atoms with Crippen LogP contribution in [0, 0.1) is 5.82 Å². The molecule has 5 heteroatoms. The van der Waals surface area contributed by atoms with E-state index in [0.717, 1.165) is 43.0 Å². The summed E-state index contributed by atoms with van der Waals surface area (Å²) in [5.41, 5.74) is 1.96. The SMILES string of the molecule is CN1CCN(C2=Nc3cc(F)ccc3Pc3ccccc32)CC1. The minimum absolute atomic E-state index is 0.221. The molecule has 3 nitrogen and oxygen atoms in total. The lowest BCUT2D eigenvalue weighted by Crippen LogP contribution is -2.48. The molecule has 0 saturated carbocycles. The Labute approximate surface area is 137 Å². The van der Waals surface area contributed by atoms with E-state index in [2.05, 4.69) is 41.1 Å². The predicted octanol–water partition coefficient (Wildman–Crippen LogP) is 2.09. The fourth-order valence-corrected chi connectivity index (χ4v) is 4.29. The molecule has 118 valence electrons. The predicted molar refractivity (Wildman–Crippen MR) is 95.7 cm³/mol. The molecule has 0 spiro atoms. The van der Waals surface area contributed by atoms with Crippen LogP contribution >= 0.6 is 8.58 Å². The number of fused-ring (bicyclic) bond motifs is 2. The van der Waals surface area contributed by atoms with Gasteiger partial charge in [-0.05, 0) is 24.5 Å². The minimum atomic E-state index is -0.221. The highest BCUT2D eigenvalue weighted by Gasteiger charge is 2.23. The van der Waals surface area contributed by atoms with E-state index in [4.69, 9.17) is 4.99 Å². The standard InChI is InChI=1S/C18H19FN3P/c1-21-8-10-22(11-9-21)18-14-4-2-3-5-16(14)23-17-7-6-13(19)12-15(17)20-18/h2-7,12,23H,8-11H2,1H3. The highest BCUT2D eigenvalue weighted by Crippen LogP contribution is 2.28. The van der Waals surface area contributed by atoms with E-state index in [1.165, 1.54) is 16.9 Å². The molecule has 0 amide bonds. The fraction of sp³-hybridized carbons (Fsp3) is 0.278. The molecule has 1 fully saturated rings. The van der Waals surface area contributed by atoms with E-state index in [1.807, 2.05) is 6.07 Å². The molecular weight excluding hydrogens is 308 g/mol. The van der Waals surface area contributed by atoms with Gasteiger partial charge in [0, 0.05) is 43.1 Å². The van der Waals surface area contributed by atoms with E-state index in [-0.39, 0.29) is 5.82 Å². The van der Waals surface area contributed by atoms with E-state index < -0.39 is 0 Å². The normalized spacial score (nSPS) is 19.0. The second-order valence-electron chi connectivity index (χ2n) is 6.06. The summed E-state index contributed by atoms with van der Waals surface area (Å²) in [4.78, 5) is 9.55. The average Bonchev–Trinajstić information content (AvgIpc) is 2.72. The number of aliphatic imine (C=N–C) groups is 1. The van der Waals surface area contributed by atoms with Crippen LogP contribution in [-0.4, -0.2) is 48.9 Å². The molecule has 1 saturated heterocycles. The molecule has 0 bridgehead atoms. The van der Waals surface area contributed by atoms with Crippen molar-refractivity contribution in [2.75, 3.05) is 33.2 Å². The van der Waals surface area contributed by atoms with Crippen molar-refractivity contribution in [3.63, 3.8) is 0 Å². The van der Waals surface area contributed by atoms with Crippen LogP contribution in [0.15, 0.2) is 47.5 Å². The molecule has 2 aliphatic heterocycles. The van der Waals surface area contributed by atoms with Crippen molar-refractivity contribution in [3.05, 3.63) is 53.8 Å². The quantitative estimate of drug-likeness (QED) is 0.690. The maximum absolute atomic E-state index is 13.7. The van der Waals surface area contributed by atoms with E-state index >= 15 is 0 Å². The second-order valence-corrected chi connectivity index (χ2v) is 7.39. The van der Waals surface area contributed by atoms with Gasteiger partial charge in [-0.15, -0.1) is 0 Å². The van der Waals surface area contributed by atoms with Crippen LogP contribution in [0.2, 0.25) is 0 Å². The molecule has 4 rings (SSSR count). The Hall–Kier alpha value is -1.77. The van der Waals surface area contributed by atoms with Crippen LogP contribution in [0.1, 0.15) is 5.56 Å². The van der Waals surface area contributed by atoms with Gasteiger partial charge in [-0.1, -0.05) is 32.8 Å². The first kappa shape index (κ1) is 14.8. The number of likely N-dealkylation sites (N-methyl/N-ethyl adjacent to an activating group) is 1. The lowest BCUT2D eigenvalue weighted by Gasteiger charge is -2.34. The molecule has 1 atom stereocenters. The zero-order valence-electron chi connectivity index (χ0n) is 13.1. The van der Waals surface area contributed by atoms with Crippen LogP contribution in [0.3, 0.4) is 0 Å². The Morgan fingerprint density at radius 1 is 1.00 bits per heavy atom. The molecule has 0 aliphatic carbocycles. The maximum Gasteiger partial charge on any atom is 0.137 e. The smallest absolute Gasteiger partial charge is 0.137 e. The topological polar surface area (TPSA) is 18.8 Å². The molecule has 2 aromatic carbocycles. The summed E-state index contributed by atoms with van der Waals surface area (Å²) in [6.07, 6.45) is 0. The van der Waals surface area contributed by atoms with Gasteiger partial charge in [0.05, 0.1) is 5.69 Å². The Balaban J connectivity index is 1.83. The van der Waals surface area contributed by atoms with Gasteiger partial charge in [0.2, 0.25) is 0 Å². The molecule has 2 aliphatic rings. The van der Waals surface area contributed by atoms with Gasteiger partial charge in [0.15, 0.2) is 0 Å². The van der Waals surface area contributed by atoms with Crippen molar-refractivity contribution >= 4 is 30.7 Å². The van der Waals surface area contributed by atoms with Gasteiger partial charge in [-0.25, -0.2) is 9.38 Å². The number of nitrogens with zero attached hydrogens (tertiary/aromatic N) is 3. The van der Waals surface area contributed by atoms with Crippen molar-refractivity contribution in [2.45, 2.75) is 0 Å². The average molecular weight is 327 g/mol. The molecule has 23 heavy (non-hydrogen) atoms. The van der Waals surface area contributed by atoms with Gasteiger partial charge in [0.1, 0.15) is 11.7 Å². The highest BCUT2D eigenvalue weighted by atomic mass is 31.1. The number of piperazine rings is 1. The summed E-state index contributed by atoms with van der Waals surface area (Å²) in [5, 5.41) is 2.40. The van der Waals surface area contributed by atoms with Gasteiger partial charge in [-0.2, -0.15) is 0 Å². The van der Waals surface area contributed by atoms with Gasteiger partial charge in [-0.3, -0.25) is 0 Å². The number of rotatable bonds is 0. The summed E-state index contributed by atoms with van der Waals surface area (Å²) in [6.45, 7) is 3.97. The first-order chi connectivity index (χ1) is 11.2. The lowest BCUT2D eigenvalue weighted by molar-refractivity contribution is 0.216. The van der Waals surface area contributed by atoms with Crippen LogP contribution < -0.4 is 10.6 Å². The monoisotopic (exact) mass is 327 g/mol. The molecule has 0 N–H and O–H groups in total. The number of amidine groups is 1. The Morgan fingerprint density at radius 2 is 1.78 bits per heavy atom. The highest BCUT2D eigenvalue weighted by molar-refractivity contribution is 7.56. The number of hydrogen-bond donors (Lipinski definition) is 0. The molecular formula is C18H19FN3P. The Morgan fingerprint density at radius 3 is 2.61 bits per heavy atom. The zero-order chi connectivity index (χ0) is 15.8. The molecule has 0 aromatic heterocycles. The first-order valence-corrected chi connectivity index (χ1v) is 8.89. The van der Waals surface area contributed by atoms with E-state index in [0.29, 0.717) is 8.58 Å². The van der Waals surface area contributed by atoms with Crippen molar-refractivity contribution < 1.29 is 4.39 Å². The van der Waals surface area contributed by atoms with Crippen LogP contribution in [0.4, 0.5) is 10.1 Å². The maximum atomic E-state index is 13.7. The van der Waals surface area contributed by atoms with Gasteiger partial charge < -0.3 is 9.80 Å². The van der Waals surface area contributed by atoms with Crippen molar-refractivity contribution in [3.8, 4) is 0 Å². The number of halogens is 1. The third-order valence-corrected chi connectivity index (χ3v) is 5.82. The van der Waals surface area contributed by atoms with Gasteiger partial charge in [0.25, 0.3) is 0 Å². The second kappa shape index (κ2) is 6.03. The number of hydrogen-bond acceptors (Lipinski definition) is 3. The van der Waals surface area contributed by atoms with E-state index in [9.17, 15) is 4.39 Å². The van der Waals surface area contributed by atoms with Gasteiger partial charge >= 0.3 is 0 Å². The summed E-state index contributed by atoms with van der Waals surface area (Å²) in [5.74, 6) is 0.770. The minimum Gasteiger partial charge on any atom is -0.354 e. The fourth-order valence-electron chi connectivity index (χ4n) is 3.07.